The first kappa shape index (κ1) is 16.6. The Balaban J connectivity index is 1.59. The number of hydrogen-bond donors (Lipinski definition) is 2. The molecule has 0 aliphatic heterocycles. The lowest BCUT2D eigenvalue weighted by molar-refractivity contribution is -0.122. The van der Waals surface area contributed by atoms with Gasteiger partial charge in [-0.05, 0) is 43.4 Å². The van der Waals surface area contributed by atoms with Crippen molar-refractivity contribution in [2.75, 3.05) is 0 Å². The summed E-state index contributed by atoms with van der Waals surface area (Å²) in [5.41, 5.74) is 7.18. The second-order valence-corrected chi connectivity index (χ2v) is 6.47. The summed E-state index contributed by atoms with van der Waals surface area (Å²) in [5.74, 6) is 0.643. The molecule has 3 rings (SSSR count). The molecule has 0 spiro atoms. The number of hydrogen-bond acceptors (Lipinski definition) is 3. The number of nitrogens with two attached hydrogens (primary N) is 1. The van der Waals surface area contributed by atoms with Crippen LogP contribution in [0.3, 0.4) is 0 Å². The maximum atomic E-state index is 14.3. The van der Waals surface area contributed by atoms with Gasteiger partial charge in [0.15, 0.2) is 0 Å². The SMILES string of the molecule is Cc1nccn1-c1ccc(CNC(=O)C[C@@H]2CCC[C@H]2N)cc1F. The molecular weight excluding hydrogens is 307 g/mol. The van der Waals surface area contributed by atoms with Crippen LogP contribution in [-0.2, 0) is 11.3 Å². The van der Waals surface area contributed by atoms with E-state index in [4.69, 9.17) is 5.73 Å². The number of aromatic nitrogens is 2. The molecule has 5 nitrogen and oxygen atoms in total. The van der Waals surface area contributed by atoms with Gasteiger partial charge in [0.2, 0.25) is 5.91 Å². The topological polar surface area (TPSA) is 72.9 Å². The summed E-state index contributed by atoms with van der Waals surface area (Å²) in [6, 6.07) is 5.11. The Labute approximate surface area is 141 Å². The fourth-order valence-electron chi connectivity index (χ4n) is 3.32. The van der Waals surface area contributed by atoms with Gasteiger partial charge in [0, 0.05) is 31.4 Å². The average Bonchev–Trinajstić information content (AvgIpc) is 3.14. The van der Waals surface area contributed by atoms with E-state index < -0.39 is 0 Å². The molecule has 1 amide bonds. The zero-order valence-electron chi connectivity index (χ0n) is 13.8. The highest BCUT2D eigenvalue weighted by atomic mass is 19.1. The lowest BCUT2D eigenvalue weighted by Gasteiger charge is -2.15. The predicted octanol–water partition coefficient (Wildman–Crippen LogP) is 2.45. The molecule has 2 atom stereocenters. The quantitative estimate of drug-likeness (QED) is 0.884. The summed E-state index contributed by atoms with van der Waals surface area (Å²) in [7, 11) is 0. The molecule has 1 fully saturated rings. The van der Waals surface area contributed by atoms with E-state index in [-0.39, 0.29) is 23.7 Å². The smallest absolute Gasteiger partial charge is 0.220 e. The Morgan fingerprint density at radius 2 is 2.29 bits per heavy atom. The minimum absolute atomic E-state index is 0.0210. The molecule has 0 radical (unpaired) electrons. The van der Waals surface area contributed by atoms with Crippen molar-refractivity contribution in [1.82, 2.24) is 14.9 Å². The van der Waals surface area contributed by atoms with Crippen LogP contribution in [0.1, 0.15) is 37.1 Å². The molecule has 3 N–H and O–H groups in total. The Morgan fingerprint density at radius 1 is 1.46 bits per heavy atom. The van der Waals surface area contributed by atoms with E-state index in [0.717, 1.165) is 30.7 Å². The third-order valence-electron chi connectivity index (χ3n) is 4.75. The number of imidazole rings is 1. The van der Waals surface area contributed by atoms with Gasteiger partial charge < -0.3 is 15.6 Å². The summed E-state index contributed by atoms with van der Waals surface area (Å²) in [6.07, 6.45) is 6.92. The second-order valence-electron chi connectivity index (χ2n) is 6.47. The molecule has 1 saturated carbocycles. The Morgan fingerprint density at radius 3 is 2.92 bits per heavy atom. The van der Waals surface area contributed by atoms with Crippen molar-refractivity contribution in [1.29, 1.82) is 0 Å². The Hall–Kier alpha value is -2.21. The van der Waals surface area contributed by atoms with Gasteiger partial charge in [0.25, 0.3) is 0 Å². The number of benzene rings is 1. The number of aryl methyl sites for hydroxylation is 1. The fourth-order valence-corrected chi connectivity index (χ4v) is 3.32. The monoisotopic (exact) mass is 330 g/mol. The summed E-state index contributed by atoms with van der Waals surface area (Å²) in [6.45, 7) is 2.14. The highest BCUT2D eigenvalue weighted by Gasteiger charge is 2.25. The lowest BCUT2D eigenvalue weighted by Crippen LogP contribution is -2.31. The van der Waals surface area contributed by atoms with Crippen LogP contribution in [0, 0.1) is 18.7 Å². The van der Waals surface area contributed by atoms with E-state index >= 15 is 0 Å². The van der Waals surface area contributed by atoms with Gasteiger partial charge in [-0.1, -0.05) is 12.5 Å². The number of halogens is 1. The highest BCUT2D eigenvalue weighted by Crippen LogP contribution is 2.26. The summed E-state index contributed by atoms with van der Waals surface area (Å²) < 4.78 is 16.0. The molecular formula is C18H23FN4O. The Bertz CT molecular complexity index is 728. The van der Waals surface area contributed by atoms with Crippen LogP contribution in [0.4, 0.5) is 4.39 Å². The summed E-state index contributed by atoms with van der Waals surface area (Å²) in [5, 5.41) is 2.86. The molecule has 2 aromatic rings. The van der Waals surface area contributed by atoms with Crippen LogP contribution in [-0.4, -0.2) is 21.5 Å². The van der Waals surface area contributed by atoms with E-state index in [1.54, 1.807) is 23.0 Å². The molecule has 6 heteroatoms. The van der Waals surface area contributed by atoms with Crippen LogP contribution >= 0.6 is 0 Å². The molecule has 1 heterocycles. The van der Waals surface area contributed by atoms with Crippen molar-refractivity contribution in [3.63, 3.8) is 0 Å². The zero-order chi connectivity index (χ0) is 17.1. The highest BCUT2D eigenvalue weighted by molar-refractivity contribution is 5.76. The maximum absolute atomic E-state index is 14.3. The first-order valence-corrected chi connectivity index (χ1v) is 8.35. The Kier molecular flexibility index (Phi) is 4.94. The molecule has 1 aromatic heterocycles. The maximum Gasteiger partial charge on any atom is 0.220 e. The van der Waals surface area contributed by atoms with Gasteiger partial charge in [-0.25, -0.2) is 9.37 Å². The first-order chi connectivity index (χ1) is 11.5. The third-order valence-corrected chi connectivity index (χ3v) is 4.75. The van der Waals surface area contributed by atoms with E-state index in [9.17, 15) is 9.18 Å². The van der Waals surface area contributed by atoms with Crippen LogP contribution in [0.2, 0.25) is 0 Å². The number of amides is 1. The van der Waals surface area contributed by atoms with Gasteiger partial charge >= 0.3 is 0 Å². The van der Waals surface area contributed by atoms with E-state index in [1.165, 1.54) is 6.07 Å². The molecule has 0 saturated heterocycles. The number of carbonyl (C=O) groups excluding carboxylic acids is 1. The summed E-state index contributed by atoms with van der Waals surface area (Å²) >= 11 is 0. The standard InChI is InChI=1S/C18H23FN4O/c1-12-21-7-8-23(12)17-6-5-13(9-15(17)19)11-22-18(24)10-14-3-2-4-16(14)20/h5-9,14,16H,2-4,10-11,20H2,1H3,(H,22,24)/t14-,16+/m0/s1. The van der Waals surface area contributed by atoms with E-state index in [0.29, 0.717) is 18.7 Å². The van der Waals surface area contributed by atoms with E-state index in [1.807, 2.05) is 13.0 Å². The molecule has 0 unspecified atom stereocenters. The van der Waals surface area contributed by atoms with Crippen LogP contribution in [0.15, 0.2) is 30.6 Å². The normalized spacial score (nSPS) is 20.3. The average molecular weight is 330 g/mol. The predicted molar refractivity (Wildman–Crippen MR) is 90.0 cm³/mol. The van der Waals surface area contributed by atoms with Crippen molar-refractivity contribution in [2.45, 2.75) is 45.2 Å². The minimum atomic E-state index is -0.333. The zero-order valence-corrected chi connectivity index (χ0v) is 13.8. The fraction of sp³-hybridized carbons (Fsp3) is 0.444. The van der Waals surface area contributed by atoms with E-state index in [2.05, 4.69) is 10.3 Å². The van der Waals surface area contributed by atoms with Crippen molar-refractivity contribution in [2.24, 2.45) is 11.7 Å². The van der Waals surface area contributed by atoms with Crippen LogP contribution < -0.4 is 11.1 Å². The van der Waals surface area contributed by atoms with Crippen LogP contribution in [0.5, 0.6) is 0 Å². The third kappa shape index (κ3) is 3.64. The second kappa shape index (κ2) is 7.13. The number of rotatable bonds is 5. The van der Waals surface area contributed by atoms with Crippen molar-refractivity contribution >= 4 is 5.91 Å². The molecule has 1 aromatic carbocycles. The molecule has 1 aliphatic carbocycles. The van der Waals surface area contributed by atoms with Crippen LogP contribution in [0.25, 0.3) is 5.69 Å². The molecule has 128 valence electrons. The van der Waals surface area contributed by atoms with Gasteiger partial charge in [0.1, 0.15) is 11.6 Å². The number of nitrogens with one attached hydrogen (secondary N) is 1. The molecule has 24 heavy (non-hydrogen) atoms. The lowest BCUT2D eigenvalue weighted by atomic mass is 10.00. The van der Waals surface area contributed by atoms with Gasteiger partial charge in [0.05, 0.1) is 5.69 Å². The van der Waals surface area contributed by atoms with Crippen molar-refractivity contribution in [3.05, 3.63) is 47.8 Å². The van der Waals surface area contributed by atoms with Crippen molar-refractivity contribution < 1.29 is 9.18 Å². The molecule has 0 bridgehead atoms. The summed E-state index contributed by atoms with van der Waals surface area (Å²) in [4.78, 5) is 16.1. The van der Waals surface area contributed by atoms with Gasteiger partial charge in [-0.15, -0.1) is 0 Å². The number of nitrogens with zero attached hydrogens (tertiary/aromatic N) is 2. The van der Waals surface area contributed by atoms with Gasteiger partial charge in [-0.2, -0.15) is 0 Å². The minimum Gasteiger partial charge on any atom is -0.352 e. The van der Waals surface area contributed by atoms with Crippen molar-refractivity contribution in [3.8, 4) is 5.69 Å². The largest absolute Gasteiger partial charge is 0.352 e. The molecule has 1 aliphatic rings. The first-order valence-electron chi connectivity index (χ1n) is 8.35. The van der Waals surface area contributed by atoms with Gasteiger partial charge in [-0.3, -0.25) is 4.79 Å². The number of carbonyl (C=O) groups is 1.